The van der Waals surface area contributed by atoms with E-state index in [1.54, 1.807) is 19.1 Å². The molecule has 3 rings (SSSR count). The van der Waals surface area contributed by atoms with Gasteiger partial charge in [0.1, 0.15) is 5.82 Å². The van der Waals surface area contributed by atoms with Crippen molar-refractivity contribution in [2.24, 2.45) is 0 Å². The fourth-order valence-electron chi connectivity index (χ4n) is 2.26. The third kappa shape index (κ3) is 2.78. The van der Waals surface area contributed by atoms with Gasteiger partial charge in [-0.2, -0.15) is 15.0 Å². The lowest BCUT2D eigenvalue weighted by atomic mass is 10.1. The third-order valence-electron chi connectivity index (χ3n) is 3.44. The lowest BCUT2D eigenvalue weighted by Crippen LogP contribution is -2.37. The van der Waals surface area contributed by atoms with Crippen LogP contribution >= 0.6 is 0 Å². The van der Waals surface area contributed by atoms with Crippen LogP contribution in [0.25, 0.3) is 11.4 Å². The summed E-state index contributed by atoms with van der Waals surface area (Å²) in [6, 6.07) is 4.81. The standard InChI is InChI=1S/C14H16FN5O/c1-9-10(3-2-4-11(9)15)12-17-13(16)19-14(18-12)20-5-7-21-8-6-20/h2-4H,5-8H2,1H3,(H2,16,17,18,19). The first-order valence-electron chi connectivity index (χ1n) is 6.75. The fraction of sp³-hybridized carbons (Fsp3) is 0.357. The zero-order valence-corrected chi connectivity index (χ0v) is 11.7. The smallest absolute Gasteiger partial charge is 0.230 e. The quantitative estimate of drug-likeness (QED) is 0.900. The Morgan fingerprint density at radius 2 is 1.95 bits per heavy atom. The molecule has 21 heavy (non-hydrogen) atoms. The number of rotatable bonds is 2. The first-order valence-corrected chi connectivity index (χ1v) is 6.75. The van der Waals surface area contributed by atoms with Gasteiger partial charge in [0.25, 0.3) is 0 Å². The molecule has 1 aliphatic heterocycles. The number of halogens is 1. The molecule has 110 valence electrons. The minimum atomic E-state index is -0.292. The maximum Gasteiger partial charge on any atom is 0.230 e. The van der Waals surface area contributed by atoms with Crippen LogP contribution in [0.3, 0.4) is 0 Å². The number of aromatic nitrogens is 3. The van der Waals surface area contributed by atoms with Gasteiger partial charge in [0.05, 0.1) is 13.2 Å². The minimum absolute atomic E-state index is 0.130. The molecular weight excluding hydrogens is 273 g/mol. The lowest BCUT2D eigenvalue weighted by molar-refractivity contribution is 0.122. The molecule has 0 unspecified atom stereocenters. The average Bonchev–Trinajstić information content (AvgIpc) is 2.50. The number of hydrogen-bond donors (Lipinski definition) is 1. The van der Waals surface area contributed by atoms with Crippen molar-refractivity contribution in [3.63, 3.8) is 0 Å². The Morgan fingerprint density at radius 1 is 1.19 bits per heavy atom. The summed E-state index contributed by atoms with van der Waals surface area (Å²) in [5, 5.41) is 0. The summed E-state index contributed by atoms with van der Waals surface area (Å²) in [5.74, 6) is 0.731. The molecule has 1 aliphatic rings. The van der Waals surface area contributed by atoms with Crippen molar-refractivity contribution >= 4 is 11.9 Å². The Hall–Kier alpha value is -2.28. The van der Waals surface area contributed by atoms with Crippen LogP contribution in [0, 0.1) is 12.7 Å². The van der Waals surface area contributed by atoms with Gasteiger partial charge in [-0.15, -0.1) is 0 Å². The van der Waals surface area contributed by atoms with E-state index in [0.29, 0.717) is 49.2 Å². The van der Waals surface area contributed by atoms with Crippen LogP contribution in [0.4, 0.5) is 16.3 Å². The van der Waals surface area contributed by atoms with E-state index >= 15 is 0 Å². The van der Waals surface area contributed by atoms with E-state index < -0.39 is 0 Å². The van der Waals surface area contributed by atoms with Crippen LogP contribution in [-0.2, 0) is 4.74 Å². The summed E-state index contributed by atoms with van der Waals surface area (Å²) in [6.07, 6.45) is 0. The average molecular weight is 289 g/mol. The van der Waals surface area contributed by atoms with Crippen molar-refractivity contribution in [2.45, 2.75) is 6.92 Å². The van der Waals surface area contributed by atoms with E-state index in [0.717, 1.165) is 0 Å². The van der Waals surface area contributed by atoms with Crippen molar-refractivity contribution in [1.82, 2.24) is 15.0 Å². The zero-order valence-electron chi connectivity index (χ0n) is 11.7. The Morgan fingerprint density at radius 3 is 2.71 bits per heavy atom. The van der Waals surface area contributed by atoms with Crippen molar-refractivity contribution in [2.75, 3.05) is 36.9 Å². The maximum atomic E-state index is 13.7. The molecule has 0 aliphatic carbocycles. The van der Waals surface area contributed by atoms with E-state index in [1.165, 1.54) is 6.07 Å². The summed E-state index contributed by atoms with van der Waals surface area (Å²) >= 11 is 0. The van der Waals surface area contributed by atoms with Gasteiger partial charge in [-0.3, -0.25) is 0 Å². The molecule has 0 spiro atoms. The van der Waals surface area contributed by atoms with E-state index in [2.05, 4.69) is 15.0 Å². The molecule has 2 aromatic rings. The van der Waals surface area contributed by atoms with Crippen molar-refractivity contribution in [3.05, 3.63) is 29.6 Å². The fourth-order valence-corrected chi connectivity index (χ4v) is 2.26. The predicted molar refractivity (Wildman–Crippen MR) is 77.4 cm³/mol. The molecule has 1 saturated heterocycles. The Kier molecular flexibility index (Phi) is 3.66. The van der Waals surface area contributed by atoms with Crippen LogP contribution < -0.4 is 10.6 Å². The van der Waals surface area contributed by atoms with Gasteiger partial charge >= 0.3 is 0 Å². The highest BCUT2D eigenvalue weighted by molar-refractivity contribution is 5.62. The Balaban J connectivity index is 2.03. The summed E-state index contributed by atoms with van der Waals surface area (Å²) < 4.78 is 19.0. The van der Waals surface area contributed by atoms with Gasteiger partial charge in [0.15, 0.2) is 5.82 Å². The summed E-state index contributed by atoms with van der Waals surface area (Å²) in [4.78, 5) is 14.7. The molecule has 1 aromatic heterocycles. The number of nitrogens with zero attached hydrogens (tertiary/aromatic N) is 4. The van der Waals surface area contributed by atoms with Crippen LogP contribution in [0.1, 0.15) is 5.56 Å². The molecule has 0 bridgehead atoms. The number of benzene rings is 1. The maximum absolute atomic E-state index is 13.7. The zero-order chi connectivity index (χ0) is 14.8. The van der Waals surface area contributed by atoms with Crippen LogP contribution in [-0.4, -0.2) is 41.3 Å². The highest BCUT2D eigenvalue weighted by atomic mass is 19.1. The largest absolute Gasteiger partial charge is 0.378 e. The monoisotopic (exact) mass is 289 g/mol. The van der Waals surface area contributed by atoms with E-state index in [1.807, 2.05) is 4.90 Å². The Bertz CT molecular complexity index is 658. The van der Waals surface area contributed by atoms with Gasteiger partial charge in [-0.1, -0.05) is 12.1 Å². The molecule has 0 atom stereocenters. The van der Waals surface area contributed by atoms with Gasteiger partial charge in [-0.25, -0.2) is 4.39 Å². The van der Waals surface area contributed by atoms with Crippen molar-refractivity contribution in [3.8, 4) is 11.4 Å². The second-order valence-electron chi connectivity index (χ2n) is 4.83. The SMILES string of the molecule is Cc1c(F)cccc1-c1nc(N)nc(N2CCOCC2)n1. The van der Waals surface area contributed by atoms with E-state index in [9.17, 15) is 4.39 Å². The summed E-state index contributed by atoms with van der Waals surface area (Å²) in [7, 11) is 0. The molecule has 0 saturated carbocycles. The van der Waals surface area contributed by atoms with Gasteiger partial charge < -0.3 is 15.4 Å². The normalized spacial score (nSPS) is 15.2. The van der Waals surface area contributed by atoms with Crippen LogP contribution in [0.5, 0.6) is 0 Å². The minimum Gasteiger partial charge on any atom is -0.378 e. The van der Waals surface area contributed by atoms with Crippen LogP contribution in [0.2, 0.25) is 0 Å². The number of nitrogens with two attached hydrogens (primary N) is 1. The van der Waals surface area contributed by atoms with Gasteiger partial charge in [0, 0.05) is 18.7 Å². The molecule has 6 nitrogen and oxygen atoms in total. The van der Waals surface area contributed by atoms with Crippen molar-refractivity contribution < 1.29 is 9.13 Å². The van der Waals surface area contributed by atoms with Crippen molar-refractivity contribution in [1.29, 1.82) is 0 Å². The topological polar surface area (TPSA) is 77.2 Å². The first kappa shape index (κ1) is 13.7. The van der Waals surface area contributed by atoms with Gasteiger partial charge in [0.2, 0.25) is 11.9 Å². The second kappa shape index (κ2) is 5.61. The molecule has 7 heteroatoms. The highest BCUT2D eigenvalue weighted by Crippen LogP contribution is 2.24. The summed E-state index contributed by atoms with van der Waals surface area (Å²) in [5.41, 5.74) is 6.90. The number of ether oxygens (including phenoxy) is 1. The van der Waals surface area contributed by atoms with Crippen LogP contribution in [0.15, 0.2) is 18.2 Å². The number of hydrogen-bond acceptors (Lipinski definition) is 6. The Labute approximate surface area is 121 Å². The summed E-state index contributed by atoms with van der Waals surface area (Å²) in [6.45, 7) is 4.34. The molecule has 0 amide bonds. The third-order valence-corrected chi connectivity index (χ3v) is 3.44. The molecular formula is C14H16FN5O. The first-order chi connectivity index (χ1) is 10.1. The van der Waals surface area contributed by atoms with E-state index in [-0.39, 0.29) is 11.8 Å². The van der Waals surface area contributed by atoms with Gasteiger partial charge in [-0.05, 0) is 18.6 Å². The highest BCUT2D eigenvalue weighted by Gasteiger charge is 2.17. The molecule has 1 fully saturated rings. The lowest BCUT2D eigenvalue weighted by Gasteiger charge is -2.26. The number of morpholine rings is 1. The van der Waals surface area contributed by atoms with E-state index in [4.69, 9.17) is 10.5 Å². The predicted octanol–water partition coefficient (Wildman–Crippen LogP) is 1.40. The second-order valence-corrected chi connectivity index (χ2v) is 4.83. The molecule has 1 aromatic carbocycles. The number of nitrogen functional groups attached to an aromatic ring is 1. The molecule has 0 radical (unpaired) electrons. The number of anilines is 2. The molecule has 2 heterocycles. The molecule has 2 N–H and O–H groups in total.